The van der Waals surface area contributed by atoms with Crippen LogP contribution in [0.25, 0.3) is 10.9 Å². The summed E-state index contributed by atoms with van der Waals surface area (Å²) in [5, 5.41) is 3.32. The van der Waals surface area contributed by atoms with Crippen LogP contribution < -0.4 is 0 Å². The molecule has 2 aromatic carbocycles. The zero-order valence-corrected chi connectivity index (χ0v) is 12.6. The van der Waals surface area contributed by atoms with Crippen molar-refractivity contribution in [2.75, 3.05) is 5.75 Å². The largest absolute Gasteiger partial charge is 0.349 e. The maximum absolute atomic E-state index is 3.58. The standard InChI is InChI=1S/C17H15NS2/c1-2-6-12(7-3-1)20-15-10-11-19-17-16(15)13-8-4-5-9-14(13)18-17/h1-9,15,18H,10-11H2. The van der Waals surface area contributed by atoms with Gasteiger partial charge in [0.05, 0.1) is 5.03 Å². The van der Waals surface area contributed by atoms with Gasteiger partial charge < -0.3 is 4.98 Å². The molecule has 1 aliphatic rings. The number of hydrogen-bond acceptors (Lipinski definition) is 2. The van der Waals surface area contributed by atoms with Gasteiger partial charge in [0, 0.05) is 32.4 Å². The van der Waals surface area contributed by atoms with E-state index in [4.69, 9.17) is 0 Å². The quantitative estimate of drug-likeness (QED) is 0.672. The minimum absolute atomic E-state index is 0.560. The third-order valence-corrected chi connectivity index (χ3v) is 6.03. The van der Waals surface area contributed by atoms with E-state index in [1.165, 1.54) is 38.6 Å². The number of benzene rings is 2. The summed E-state index contributed by atoms with van der Waals surface area (Å²) in [5.41, 5.74) is 2.77. The number of hydrogen-bond donors (Lipinski definition) is 1. The molecular weight excluding hydrogens is 282 g/mol. The first-order chi connectivity index (χ1) is 9.92. The topological polar surface area (TPSA) is 15.8 Å². The summed E-state index contributed by atoms with van der Waals surface area (Å²) in [6.07, 6.45) is 1.24. The summed E-state index contributed by atoms with van der Waals surface area (Å²) in [4.78, 5) is 4.94. The van der Waals surface area contributed by atoms with Gasteiger partial charge in [-0.2, -0.15) is 0 Å². The third-order valence-electron chi connectivity index (χ3n) is 3.68. The van der Waals surface area contributed by atoms with Crippen LogP contribution in [0.4, 0.5) is 0 Å². The number of thioether (sulfide) groups is 2. The summed E-state index contributed by atoms with van der Waals surface area (Å²) in [6, 6.07) is 19.4. The van der Waals surface area contributed by atoms with Crippen LogP contribution in [0.2, 0.25) is 0 Å². The Bertz CT molecular complexity index is 733. The first kappa shape index (κ1) is 12.4. The van der Waals surface area contributed by atoms with Gasteiger partial charge in [0.2, 0.25) is 0 Å². The van der Waals surface area contributed by atoms with Crippen molar-refractivity contribution in [1.29, 1.82) is 0 Å². The molecule has 20 heavy (non-hydrogen) atoms. The summed E-state index contributed by atoms with van der Waals surface area (Å²) in [5.74, 6) is 1.20. The molecule has 2 heterocycles. The third kappa shape index (κ3) is 2.15. The Morgan fingerprint density at radius 2 is 1.80 bits per heavy atom. The van der Waals surface area contributed by atoms with Crippen LogP contribution in [0.15, 0.2) is 64.5 Å². The highest BCUT2D eigenvalue weighted by Gasteiger charge is 2.25. The SMILES string of the molecule is c1ccc(SC2CCSc3[nH]c4ccccc4c32)cc1. The van der Waals surface area contributed by atoms with E-state index in [1.54, 1.807) is 0 Å². The molecule has 0 bridgehead atoms. The molecule has 100 valence electrons. The molecule has 0 saturated heterocycles. The van der Waals surface area contributed by atoms with Crippen LogP contribution in [-0.2, 0) is 0 Å². The Labute approximate surface area is 127 Å². The first-order valence-corrected chi connectivity index (χ1v) is 8.73. The number of para-hydroxylation sites is 1. The fourth-order valence-electron chi connectivity index (χ4n) is 2.77. The van der Waals surface area contributed by atoms with Gasteiger partial charge >= 0.3 is 0 Å². The van der Waals surface area contributed by atoms with Crippen molar-refractivity contribution in [2.24, 2.45) is 0 Å². The summed E-state index contributed by atoms with van der Waals surface area (Å²) in [7, 11) is 0. The lowest BCUT2D eigenvalue weighted by Crippen LogP contribution is -2.02. The van der Waals surface area contributed by atoms with Crippen molar-refractivity contribution in [3.8, 4) is 0 Å². The maximum Gasteiger partial charge on any atom is 0.0776 e. The lowest BCUT2D eigenvalue weighted by atomic mass is 10.1. The number of H-pyrrole nitrogens is 1. The Balaban J connectivity index is 1.77. The van der Waals surface area contributed by atoms with Gasteiger partial charge in [-0.05, 0) is 24.6 Å². The van der Waals surface area contributed by atoms with Gasteiger partial charge in [0.1, 0.15) is 0 Å². The number of nitrogens with one attached hydrogen (secondary N) is 1. The van der Waals surface area contributed by atoms with E-state index in [1.807, 2.05) is 23.5 Å². The average molecular weight is 297 g/mol. The minimum atomic E-state index is 0.560. The highest BCUT2D eigenvalue weighted by molar-refractivity contribution is 8.01. The molecule has 1 aromatic heterocycles. The second kappa shape index (κ2) is 5.23. The molecule has 0 saturated carbocycles. The van der Waals surface area contributed by atoms with Gasteiger partial charge in [-0.15, -0.1) is 23.5 Å². The number of aromatic amines is 1. The van der Waals surface area contributed by atoms with Crippen LogP contribution in [0, 0.1) is 0 Å². The van der Waals surface area contributed by atoms with Crippen molar-refractivity contribution in [2.45, 2.75) is 21.6 Å². The lowest BCUT2D eigenvalue weighted by Gasteiger charge is -2.22. The van der Waals surface area contributed by atoms with Crippen molar-refractivity contribution in [1.82, 2.24) is 4.98 Å². The molecule has 0 spiro atoms. The maximum atomic E-state index is 3.58. The van der Waals surface area contributed by atoms with E-state index < -0.39 is 0 Å². The number of rotatable bonds is 2. The van der Waals surface area contributed by atoms with Crippen molar-refractivity contribution < 1.29 is 0 Å². The first-order valence-electron chi connectivity index (χ1n) is 6.87. The van der Waals surface area contributed by atoms with Crippen molar-refractivity contribution in [3.63, 3.8) is 0 Å². The van der Waals surface area contributed by atoms with E-state index in [0.29, 0.717) is 5.25 Å². The zero-order valence-electron chi connectivity index (χ0n) is 11.0. The molecule has 0 amide bonds. The Morgan fingerprint density at radius 3 is 2.70 bits per heavy atom. The van der Waals surface area contributed by atoms with Crippen molar-refractivity contribution >= 4 is 34.4 Å². The van der Waals surface area contributed by atoms with E-state index in [9.17, 15) is 0 Å². The monoisotopic (exact) mass is 297 g/mol. The van der Waals surface area contributed by atoms with Crippen LogP contribution in [0.3, 0.4) is 0 Å². The molecule has 1 aliphatic heterocycles. The van der Waals surface area contributed by atoms with Crippen LogP contribution >= 0.6 is 23.5 Å². The van der Waals surface area contributed by atoms with Crippen molar-refractivity contribution in [3.05, 3.63) is 60.2 Å². The second-order valence-corrected chi connectivity index (χ2v) is 7.35. The molecule has 0 aliphatic carbocycles. The van der Waals surface area contributed by atoms with Gasteiger partial charge in [0.25, 0.3) is 0 Å². The van der Waals surface area contributed by atoms with Crippen LogP contribution in [-0.4, -0.2) is 10.7 Å². The Kier molecular flexibility index (Phi) is 3.25. The highest BCUT2D eigenvalue weighted by atomic mass is 32.2. The molecule has 0 radical (unpaired) electrons. The van der Waals surface area contributed by atoms with Crippen LogP contribution in [0.5, 0.6) is 0 Å². The number of fused-ring (bicyclic) bond motifs is 3. The van der Waals surface area contributed by atoms with Crippen LogP contribution in [0.1, 0.15) is 17.2 Å². The lowest BCUT2D eigenvalue weighted by molar-refractivity contribution is 0.863. The Morgan fingerprint density at radius 1 is 1.00 bits per heavy atom. The molecule has 4 rings (SSSR count). The predicted molar refractivity (Wildman–Crippen MR) is 88.7 cm³/mol. The second-order valence-electron chi connectivity index (χ2n) is 4.97. The molecule has 1 N–H and O–H groups in total. The summed E-state index contributed by atoms with van der Waals surface area (Å²) < 4.78 is 0. The van der Waals surface area contributed by atoms with E-state index in [0.717, 1.165) is 0 Å². The smallest absolute Gasteiger partial charge is 0.0776 e. The van der Waals surface area contributed by atoms with E-state index >= 15 is 0 Å². The summed E-state index contributed by atoms with van der Waals surface area (Å²) >= 11 is 3.95. The van der Waals surface area contributed by atoms with E-state index in [-0.39, 0.29) is 0 Å². The predicted octanol–water partition coefficient (Wildman–Crippen LogP) is 5.50. The average Bonchev–Trinajstić information content (AvgIpc) is 2.88. The van der Waals surface area contributed by atoms with Gasteiger partial charge in [0.15, 0.2) is 0 Å². The molecule has 3 aromatic rings. The molecule has 3 heteroatoms. The fourth-order valence-corrected chi connectivity index (χ4v) is 5.38. The molecular formula is C17H15NS2. The Hall–Kier alpha value is -1.32. The van der Waals surface area contributed by atoms with E-state index in [2.05, 4.69) is 59.6 Å². The van der Waals surface area contributed by atoms with Gasteiger partial charge in [-0.3, -0.25) is 0 Å². The normalized spacial score (nSPS) is 18.1. The minimum Gasteiger partial charge on any atom is -0.349 e. The molecule has 1 nitrogen and oxygen atoms in total. The summed E-state index contributed by atoms with van der Waals surface area (Å²) in [6.45, 7) is 0. The van der Waals surface area contributed by atoms with Gasteiger partial charge in [-0.1, -0.05) is 36.4 Å². The molecule has 0 fully saturated rings. The molecule has 1 atom stereocenters. The highest BCUT2D eigenvalue weighted by Crippen LogP contribution is 2.48. The number of aromatic nitrogens is 1. The molecule has 1 unspecified atom stereocenters. The van der Waals surface area contributed by atoms with Gasteiger partial charge in [-0.25, -0.2) is 0 Å². The fraction of sp³-hybridized carbons (Fsp3) is 0.176. The zero-order chi connectivity index (χ0) is 13.4.